The molecule has 0 saturated heterocycles. The first-order valence-corrected chi connectivity index (χ1v) is 5.23. The normalized spacial score (nSPS) is 11.1. The number of hydrogen-bond acceptors (Lipinski definition) is 2. The summed E-state index contributed by atoms with van der Waals surface area (Å²) in [5.41, 5.74) is 0.789. The van der Waals surface area contributed by atoms with E-state index in [1.54, 1.807) is 0 Å². The van der Waals surface area contributed by atoms with E-state index in [0.29, 0.717) is 6.42 Å². The van der Waals surface area contributed by atoms with Gasteiger partial charge in [-0.15, -0.1) is 0 Å². The first kappa shape index (κ1) is 11.8. The Labute approximate surface area is 91.3 Å². The van der Waals surface area contributed by atoms with E-state index < -0.39 is 0 Å². The first-order chi connectivity index (χ1) is 6.97. The fourth-order valence-corrected chi connectivity index (χ4v) is 1.28. The zero-order valence-corrected chi connectivity index (χ0v) is 9.62. The van der Waals surface area contributed by atoms with Crippen LogP contribution in [-0.4, -0.2) is 11.6 Å². The number of carbonyl (C=O) groups excluding carboxylic acids is 1. The molecule has 2 heteroatoms. The Morgan fingerprint density at radius 2 is 1.80 bits per heavy atom. The Morgan fingerprint density at radius 3 is 2.33 bits per heavy atom. The van der Waals surface area contributed by atoms with Gasteiger partial charge in [-0.3, -0.25) is 4.79 Å². The minimum atomic E-state index is -0.381. The highest BCUT2D eigenvalue weighted by Crippen LogP contribution is 2.10. The second-order valence-electron chi connectivity index (χ2n) is 4.57. The maximum Gasteiger partial charge on any atom is 0.306 e. The van der Waals surface area contributed by atoms with E-state index in [2.05, 4.69) is 0 Å². The average Bonchev–Trinajstić information content (AvgIpc) is 2.14. The van der Waals surface area contributed by atoms with Gasteiger partial charge in [-0.25, -0.2) is 0 Å². The zero-order chi connectivity index (χ0) is 11.3. The van der Waals surface area contributed by atoms with Crippen molar-refractivity contribution in [3.63, 3.8) is 0 Å². The SMILES string of the molecule is CC(C)(C)OC(=O)CCc1ccccc1. The Hall–Kier alpha value is -1.31. The van der Waals surface area contributed by atoms with Crippen LogP contribution in [0.2, 0.25) is 0 Å². The van der Waals surface area contributed by atoms with E-state index in [1.165, 1.54) is 5.56 Å². The summed E-state index contributed by atoms with van der Waals surface area (Å²) in [4.78, 5) is 11.4. The van der Waals surface area contributed by atoms with Gasteiger partial charge in [0.25, 0.3) is 0 Å². The number of carbonyl (C=O) groups is 1. The van der Waals surface area contributed by atoms with Crippen LogP contribution >= 0.6 is 0 Å². The lowest BCUT2D eigenvalue weighted by Crippen LogP contribution is -2.23. The fourth-order valence-electron chi connectivity index (χ4n) is 1.28. The molecular weight excluding hydrogens is 188 g/mol. The molecule has 2 nitrogen and oxygen atoms in total. The van der Waals surface area contributed by atoms with Crippen LogP contribution < -0.4 is 0 Å². The lowest BCUT2D eigenvalue weighted by Gasteiger charge is -2.19. The molecule has 0 radical (unpaired) electrons. The van der Waals surface area contributed by atoms with Gasteiger partial charge in [0.2, 0.25) is 0 Å². The molecular formula is C13H18O2. The fraction of sp³-hybridized carbons (Fsp3) is 0.462. The van der Waals surface area contributed by atoms with Crippen molar-refractivity contribution in [2.24, 2.45) is 0 Å². The second kappa shape index (κ2) is 4.96. The highest BCUT2D eigenvalue weighted by Gasteiger charge is 2.15. The van der Waals surface area contributed by atoms with Crippen LogP contribution in [0.25, 0.3) is 0 Å². The van der Waals surface area contributed by atoms with E-state index in [0.717, 1.165) is 6.42 Å². The Morgan fingerprint density at radius 1 is 1.20 bits per heavy atom. The molecule has 0 saturated carbocycles. The van der Waals surface area contributed by atoms with Crippen molar-refractivity contribution in [2.45, 2.75) is 39.2 Å². The molecule has 0 N–H and O–H groups in total. The number of esters is 1. The van der Waals surface area contributed by atoms with Crippen LogP contribution in [0.5, 0.6) is 0 Å². The van der Waals surface area contributed by atoms with Crippen molar-refractivity contribution in [2.75, 3.05) is 0 Å². The van der Waals surface area contributed by atoms with Gasteiger partial charge >= 0.3 is 5.97 Å². The van der Waals surface area contributed by atoms with Gasteiger partial charge in [0.05, 0.1) is 0 Å². The third kappa shape index (κ3) is 5.21. The summed E-state index contributed by atoms with van der Waals surface area (Å²) in [6, 6.07) is 9.96. The Balaban J connectivity index is 2.35. The summed E-state index contributed by atoms with van der Waals surface area (Å²) >= 11 is 0. The van der Waals surface area contributed by atoms with E-state index in [1.807, 2.05) is 51.1 Å². The van der Waals surface area contributed by atoms with E-state index in [9.17, 15) is 4.79 Å². The van der Waals surface area contributed by atoms with Gasteiger partial charge in [0.1, 0.15) is 5.60 Å². The maximum absolute atomic E-state index is 11.4. The Bertz CT molecular complexity index is 309. The molecule has 0 spiro atoms. The molecule has 1 aromatic carbocycles. The minimum Gasteiger partial charge on any atom is -0.460 e. The van der Waals surface area contributed by atoms with E-state index in [4.69, 9.17) is 4.74 Å². The molecule has 1 rings (SSSR count). The van der Waals surface area contributed by atoms with Gasteiger partial charge in [0.15, 0.2) is 0 Å². The molecule has 0 aliphatic carbocycles. The summed E-state index contributed by atoms with van der Waals surface area (Å²) in [6.07, 6.45) is 1.19. The van der Waals surface area contributed by atoms with Crippen molar-refractivity contribution >= 4 is 5.97 Å². The third-order valence-corrected chi connectivity index (χ3v) is 1.88. The molecule has 0 aliphatic rings. The van der Waals surface area contributed by atoms with Crippen molar-refractivity contribution in [1.29, 1.82) is 0 Å². The predicted molar refractivity (Wildman–Crippen MR) is 60.6 cm³/mol. The second-order valence-corrected chi connectivity index (χ2v) is 4.57. The van der Waals surface area contributed by atoms with Crippen molar-refractivity contribution in [1.82, 2.24) is 0 Å². The van der Waals surface area contributed by atoms with Crippen LogP contribution in [0.15, 0.2) is 30.3 Å². The molecule has 0 atom stereocenters. The van der Waals surface area contributed by atoms with E-state index >= 15 is 0 Å². The number of rotatable bonds is 3. The molecule has 0 aliphatic heterocycles. The van der Waals surface area contributed by atoms with Crippen LogP contribution in [0.1, 0.15) is 32.8 Å². The van der Waals surface area contributed by atoms with Crippen molar-refractivity contribution in [3.8, 4) is 0 Å². The largest absolute Gasteiger partial charge is 0.460 e. The van der Waals surface area contributed by atoms with Crippen LogP contribution in [0.3, 0.4) is 0 Å². The molecule has 0 bridgehead atoms. The van der Waals surface area contributed by atoms with Gasteiger partial charge < -0.3 is 4.74 Å². The average molecular weight is 206 g/mol. The van der Waals surface area contributed by atoms with Crippen LogP contribution in [0.4, 0.5) is 0 Å². The summed E-state index contributed by atoms with van der Waals surface area (Å²) in [7, 11) is 0. The smallest absolute Gasteiger partial charge is 0.306 e. The van der Waals surface area contributed by atoms with Gasteiger partial charge in [0, 0.05) is 6.42 Å². The zero-order valence-electron chi connectivity index (χ0n) is 9.62. The summed E-state index contributed by atoms with van der Waals surface area (Å²) in [5, 5.41) is 0. The lowest BCUT2D eigenvalue weighted by atomic mass is 10.1. The standard InChI is InChI=1S/C13H18O2/c1-13(2,3)15-12(14)10-9-11-7-5-4-6-8-11/h4-8H,9-10H2,1-3H3. The predicted octanol–water partition coefficient (Wildman–Crippen LogP) is 2.96. The summed E-state index contributed by atoms with van der Waals surface area (Å²) in [5.74, 6) is -0.133. The van der Waals surface area contributed by atoms with Crippen LogP contribution in [0, 0.1) is 0 Å². The Kier molecular flexibility index (Phi) is 3.89. The third-order valence-electron chi connectivity index (χ3n) is 1.88. The van der Waals surface area contributed by atoms with Gasteiger partial charge in [-0.1, -0.05) is 30.3 Å². The highest BCUT2D eigenvalue weighted by atomic mass is 16.6. The number of ether oxygens (including phenoxy) is 1. The number of benzene rings is 1. The molecule has 0 unspecified atom stereocenters. The molecule has 0 aromatic heterocycles. The molecule has 82 valence electrons. The molecule has 0 heterocycles. The quantitative estimate of drug-likeness (QED) is 0.711. The molecule has 15 heavy (non-hydrogen) atoms. The molecule has 0 fully saturated rings. The van der Waals surface area contributed by atoms with E-state index in [-0.39, 0.29) is 11.6 Å². The number of aryl methyl sites for hydroxylation is 1. The van der Waals surface area contributed by atoms with Crippen molar-refractivity contribution < 1.29 is 9.53 Å². The lowest BCUT2D eigenvalue weighted by molar-refractivity contribution is -0.154. The maximum atomic E-state index is 11.4. The van der Waals surface area contributed by atoms with Gasteiger partial charge in [-0.2, -0.15) is 0 Å². The topological polar surface area (TPSA) is 26.3 Å². The van der Waals surface area contributed by atoms with Gasteiger partial charge in [-0.05, 0) is 32.8 Å². The van der Waals surface area contributed by atoms with Crippen molar-refractivity contribution in [3.05, 3.63) is 35.9 Å². The monoisotopic (exact) mass is 206 g/mol. The highest BCUT2D eigenvalue weighted by molar-refractivity contribution is 5.70. The minimum absolute atomic E-state index is 0.133. The first-order valence-electron chi connectivity index (χ1n) is 5.23. The van der Waals surface area contributed by atoms with Crippen LogP contribution in [-0.2, 0) is 16.0 Å². The molecule has 1 aromatic rings. The summed E-state index contributed by atoms with van der Waals surface area (Å²) in [6.45, 7) is 5.65. The summed E-state index contributed by atoms with van der Waals surface area (Å²) < 4.78 is 5.22. The molecule has 0 amide bonds. The number of hydrogen-bond donors (Lipinski definition) is 0.